The van der Waals surface area contributed by atoms with Gasteiger partial charge < -0.3 is 5.32 Å². The molecule has 1 fully saturated rings. The highest BCUT2D eigenvalue weighted by Crippen LogP contribution is 2.00. The van der Waals surface area contributed by atoms with Crippen LogP contribution in [0.15, 0.2) is 24.3 Å². The molecule has 0 bridgehead atoms. The lowest BCUT2D eigenvalue weighted by molar-refractivity contribution is -0.119. The highest BCUT2D eigenvalue weighted by atomic mass is 16.1. The summed E-state index contributed by atoms with van der Waals surface area (Å²) in [6.45, 7) is 5.10. The Morgan fingerprint density at radius 2 is 1.86 bits per heavy atom. The Labute approximate surface area is 85.3 Å². The lowest BCUT2D eigenvalue weighted by Gasteiger charge is -1.90. The average molecular weight is 191 g/mol. The van der Waals surface area contributed by atoms with Gasteiger partial charge in [-0.15, -0.1) is 0 Å². The summed E-state index contributed by atoms with van der Waals surface area (Å²) in [5, 5.41) is 2.68. The molecular formula is C12H17NO. The van der Waals surface area contributed by atoms with E-state index in [-0.39, 0.29) is 5.91 Å². The van der Waals surface area contributed by atoms with Gasteiger partial charge in [0.05, 0.1) is 0 Å². The van der Waals surface area contributed by atoms with E-state index in [1.54, 1.807) is 0 Å². The molecule has 0 unspecified atom stereocenters. The van der Waals surface area contributed by atoms with E-state index in [0.717, 1.165) is 19.4 Å². The Balaban J connectivity index is 0.000000146. The summed E-state index contributed by atoms with van der Waals surface area (Å²) in [4.78, 5) is 10.1. The van der Waals surface area contributed by atoms with E-state index in [4.69, 9.17) is 0 Å². The van der Waals surface area contributed by atoms with E-state index in [1.165, 1.54) is 11.1 Å². The van der Waals surface area contributed by atoms with Crippen molar-refractivity contribution in [3.05, 3.63) is 35.4 Å². The Bertz CT molecular complexity index is 282. The SMILES string of the molecule is Cc1cccc(C)c1.O=C1CCCN1. The van der Waals surface area contributed by atoms with E-state index in [1.807, 2.05) is 0 Å². The number of carbonyl (C=O) groups is 1. The van der Waals surface area contributed by atoms with E-state index in [9.17, 15) is 4.79 Å². The van der Waals surface area contributed by atoms with Crippen molar-refractivity contribution in [2.24, 2.45) is 0 Å². The van der Waals surface area contributed by atoms with Gasteiger partial charge in [0.2, 0.25) is 5.91 Å². The van der Waals surface area contributed by atoms with Gasteiger partial charge in [0.15, 0.2) is 0 Å². The van der Waals surface area contributed by atoms with Crippen LogP contribution in [-0.2, 0) is 4.79 Å². The third kappa shape index (κ3) is 4.08. The minimum Gasteiger partial charge on any atom is -0.356 e. The largest absolute Gasteiger partial charge is 0.356 e. The van der Waals surface area contributed by atoms with Crippen LogP contribution >= 0.6 is 0 Å². The van der Waals surface area contributed by atoms with Gasteiger partial charge >= 0.3 is 0 Å². The van der Waals surface area contributed by atoms with Crippen LogP contribution in [0.1, 0.15) is 24.0 Å². The fraction of sp³-hybridized carbons (Fsp3) is 0.417. The van der Waals surface area contributed by atoms with Crippen LogP contribution in [0, 0.1) is 13.8 Å². The topological polar surface area (TPSA) is 29.1 Å². The van der Waals surface area contributed by atoms with Gasteiger partial charge in [0.1, 0.15) is 0 Å². The highest BCUT2D eigenvalue weighted by Gasteiger charge is 2.05. The number of rotatable bonds is 0. The van der Waals surface area contributed by atoms with Crippen LogP contribution in [0.5, 0.6) is 0 Å². The fourth-order valence-electron chi connectivity index (χ4n) is 1.37. The van der Waals surface area contributed by atoms with E-state index in [0.29, 0.717) is 0 Å². The molecule has 0 spiro atoms. The molecule has 2 nitrogen and oxygen atoms in total. The smallest absolute Gasteiger partial charge is 0.220 e. The molecule has 0 atom stereocenters. The molecule has 1 heterocycles. The van der Waals surface area contributed by atoms with Crippen molar-refractivity contribution in [1.82, 2.24) is 5.32 Å². The van der Waals surface area contributed by atoms with Gasteiger partial charge in [-0.1, -0.05) is 35.4 Å². The number of amides is 1. The van der Waals surface area contributed by atoms with Crippen molar-refractivity contribution in [2.45, 2.75) is 26.7 Å². The number of aryl methyl sites for hydroxylation is 2. The molecule has 0 saturated carbocycles. The average Bonchev–Trinajstić information content (AvgIpc) is 2.56. The Hall–Kier alpha value is -1.31. The highest BCUT2D eigenvalue weighted by molar-refractivity contribution is 5.77. The molecule has 1 N–H and O–H groups in total. The molecular weight excluding hydrogens is 174 g/mol. The quantitative estimate of drug-likeness (QED) is 0.669. The summed E-state index contributed by atoms with van der Waals surface area (Å²) in [6.07, 6.45) is 1.76. The van der Waals surface area contributed by atoms with Gasteiger partial charge in [0, 0.05) is 13.0 Å². The van der Waals surface area contributed by atoms with Gasteiger partial charge in [-0.05, 0) is 20.3 Å². The van der Waals surface area contributed by atoms with Crippen LogP contribution in [-0.4, -0.2) is 12.5 Å². The fourth-order valence-corrected chi connectivity index (χ4v) is 1.37. The van der Waals surface area contributed by atoms with Crippen LogP contribution in [0.3, 0.4) is 0 Å². The van der Waals surface area contributed by atoms with Gasteiger partial charge in [-0.25, -0.2) is 0 Å². The van der Waals surface area contributed by atoms with E-state index in [2.05, 4.69) is 43.4 Å². The van der Waals surface area contributed by atoms with Crippen molar-refractivity contribution in [3.63, 3.8) is 0 Å². The third-order valence-corrected chi connectivity index (χ3v) is 2.08. The summed E-state index contributed by atoms with van der Waals surface area (Å²) < 4.78 is 0. The first-order chi connectivity index (χ1) is 6.68. The minimum atomic E-state index is 0.204. The molecule has 14 heavy (non-hydrogen) atoms. The molecule has 1 aromatic carbocycles. The first-order valence-corrected chi connectivity index (χ1v) is 4.98. The lowest BCUT2D eigenvalue weighted by atomic mass is 10.2. The molecule has 1 saturated heterocycles. The van der Waals surface area contributed by atoms with Gasteiger partial charge in [-0.2, -0.15) is 0 Å². The molecule has 0 aromatic heterocycles. The maximum atomic E-state index is 10.1. The zero-order valence-electron chi connectivity index (χ0n) is 8.84. The van der Waals surface area contributed by atoms with Crippen molar-refractivity contribution >= 4 is 5.91 Å². The summed E-state index contributed by atoms with van der Waals surface area (Å²) in [6, 6.07) is 8.45. The maximum Gasteiger partial charge on any atom is 0.220 e. The minimum absolute atomic E-state index is 0.204. The van der Waals surface area contributed by atoms with E-state index >= 15 is 0 Å². The molecule has 1 aliphatic rings. The zero-order chi connectivity index (χ0) is 10.4. The molecule has 1 amide bonds. The van der Waals surface area contributed by atoms with Crippen LogP contribution in [0.25, 0.3) is 0 Å². The lowest BCUT2D eigenvalue weighted by Crippen LogP contribution is -2.12. The predicted octanol–water partition coefficient (Wildman–Crippen LogP) is 2.20. The first-order valence-electron chi connectivity index (χ1n) is 4.98. The molecule has 76 valence electrons. The maximum absolute atomic E-state index is 10.1. The molecule has 0 radical (unpaired) electrons. The van der Waals surface area contributed by atoms with Crippen molar-refractivity contribution in [3.8, 4) is 0 Å². The van der Waals surface area contributed by atoms with Gasteiger partial charge in [-0.3, -0.25) is 4.79 Å². The Kier molecular flexibility index (Phi) is 4.17. The first kappa shape index (κ1) is 10.8. The second-order valence-corrected chi connectivity index (χ2v) is 3.61. The standard InChI is InChI=1S/C8H10.C4H7NO/c1-7-4-3-5-8(2)6-7;6-4-2-1-3-5-4/h3-6H,1-2H3;1-3H2,(H,5,6). The summed E-state index contributed by atoms with van der Waals surface area (Å²) in [5.41, 5.74) is 2.68. The molecule has 1 aromatic rings. The summed E-state index contributed by atoms with van der Waals surface area (Å²) in [5.74, 6) is 0.204. The van der Waals surface area contributed by atoms with Crippen LogP contribution in [0.2, 0.25) is 0 Å². The summed E-state index contributed by atoms with van der Waals surface area (Å²) >= 11 is 0. The second-order valence-electron chi connectivity index (χ2n) is 3.61. The number of benzene rings is 1. The number of carbonyl (C=O) groups excluding carboxylic acids is 1. The van der Waals surface area contributed by atoms with Crippen LogP contribution < -0.4 is 5.32 Å². The van der Waals surface area contributed by atoms with Crippen molar-refractivity contribution in [1.29, 1.82) is 0 Å². The van der Waals surface area contributed by atoms with Crippen molar-refractivity contribution in [2.75, 3.05) is 6.54 Å². The van der Waals surface area contributed by atoms with E-state index < -0.39 is 0 Å². The Morgan fingerprint density at radius 3 is 2.07 bits per heavy atom. The van der Waals surface area contributed by atoms with Crippen LogP contribution in [0.4, 0.5) is 0 Å². The third-order valence-electron chi connectivity index (χ3n) is 2.08. The number of nitrogens with one attached hydrogen (secondary N) is 1. The Morgan fingerprint density at radius 1 is 1.21 bits per heavy atom. The zero-order valence-corrected chi connectivity index (χ0v) is 8.84. The normalized spacial score (nSPS) is 14.3. The van der Waals surface area contributed by atoms with Crippen molar-refractivity contribution < 1.29 is 4.79 Å². The predicted molar refractivity (Wildman–Crippen MR) is 58.2 cm³/mol. The molecule has 2 rings (SSSR count). The molecule has 1 aliphatic heterocycles. The number of hydrogen-bond donors (Lipinski definition) is 1. The monoisotopic (exact) mass is 191 g/mol. The molecule has 0 aliphatic carbocycles. The second kappa shape index (κ2) is 5.43. The number of hydrogen-bond acceptors (Lipinski definition) is 1. The molecule has 2 heteroatoms. The summed E-state index contributed by atoms with van der Waals surface area (Å²) in [7, 11) is 0. The van der Waals surface area contributed by atoms with Gasteiger partial charge in [0.25, 0.3) is 0 Å².